The molecule has 2 fully saturated rings. The van der Waals surface area contributed by atoms with Crippen molar-refractivity contribution in [3.63, 3.8) is 0 Å². The maximum Gasteiger partial charge on any atom is 0.0753 e. The van der Waals surface area contributed by atoms with Gasteiger partial charge in [0.25, 0.3) is 0 Å². The average molecular weight is 242 g/mol. The Balaban J connectivity index is 1.96. The van der Waals surface area contributed by atoms with Gasteiger partial charge in [-0.1, -0.05) is 0 Å². The summed E-state index contributed by atoms with van der Waals surface area (Å²) >= 11 is 0. The molecule has 2 aliphatic rings. The van der Waals surface area contributed by atoms with Crippen LogP contribution in [0.5, 0.6) is 0 Å². The summed E-state index contributed by atoms with van der Waals surface area (Å²) in [5.41, 5.74) is 5.97. The molecule has 4 nitrogen and oxygen atoms in total. The van der Waals surface area contributed by atoms with Gasteiger partial charge in [0.15, 0.2) is 0 Å². The van der Waals surface area contributed by atoms with Crippen LogP contribution in [0.25, 0.3) is 0 Å². The number of nitrogens with zero attached hydrogens (tertiary/aromatic N) is 1. The Bertz CT molecular complexity index is 240. The summed E-state index contributed by atoms with van der Waals surface area (Å²) in [6.07, 6.45) is 2.30. The largest absolute Gasteiger partial charge is 0.381 e. The first-order chi connectivity index (χ1) is 8.12. The molecule has 0 saturated carbocycles. The molecule has 2 rings (SSSR count). The fourth-order valence-corrected chi connectivity index (χ4v) is 3.08. The lowest BCUT2D eigenvalue weighted by atomic mass is 9.89. The minimum Gasteiger partial charge on any atom is -0.381 e. The summed E-state index contributed by atoms with van der Waals surface area (Å²) in [5, 5.41) is 0. The van der Waals surface area contributed by atoms with Gasteiger partial charge in [-0.05, 0) is 32.6 Å². The van der Waals surface area contributed by atoms with E-state index in [9.17, 15) is 0 Å². The zero-order valence-corrected chi connectivity index (χ0v) is 11.2. The first-order valence-corrected chi connectivity index (χ1v) is 6.78. The van der Waals surface area contributed by atoms with E-state index in [1.165, 1.54) is 0 Å². The molecule has 2 N–H and O–H groups in total. The van der Waals surface area contributed by atoms with Gasteiger partial charge >= 0.3 is 0 Å². The third-order valence-electron chi connectivity index (χ3n) is 3.98. The number of morpholine rings is 1. The summed E-state index contributed by atoms with van der Waals surface area (Å²) in [4.78, 5) is 2.53. The molecule has 4 heteroatoms. The van der Waals surface area contributed by atoms with Gasteiger partial charge in [-0.25, -0.2) is 0 Å². The number of rotatable bonds is 3. The lowest BCUT2D eigenvalue weighted by Gasteiger charge is -2.45. The van der Waals surface area contributed by atoms with Crippen LogP contribution in [-0.2, 0) is 9.47 Å². The molecule has 17 heavy (non-hydrogen) atoms. The first kappa shape index (κ1) is 13.3. The van der Waals surface area contributed by atoms with Crippen molar-refractivity contribution >= 4 is 0 Å². The van der Waals surface area contributed by atoms with Gasteiger partial charge in [0, 0.05) is 38.9 Å². The summed E-state index contributed by atoms with van der Waals surface area (Å²) in [7, 11) is 0. The fourth-order valence-electron chi connectivity index (χ4n) is 3.08. The normalized spacial score (nSPS) is 29.1. The predicted octanol–water partition coefficient (Wildman–Crippen LogP) is 0.851. The molecule has 2 saturated heterocycles. The summed E-state index contributed by atoms with van der Waals surface area (Å²) in [6, 6.07) is 0.502. The van der Waals surface area contributed by atoms with E-state index in [0.717, 1.165) is 52.3 Å². The Morgan fingerprint density at radius 2 is 2.00 bits per heavy atom. The molecule has 1 atom stereocenters. The Morgan fingerprint density at radius 1 is 1.29 bits per heavy atom. The van der Waals surface area contributed by atoms with Crippen molar-refractivity contribution in [2.45, 2.75) is 38.3 Å². The van der Waals surface area contributed by atoms with Gasteiger partial charge in [-0.2, -0.15) is 0 Å². The van der Waals surface area contributed by atoms with Crippen LogP contribution in [0.3, 0.4) is 0 Å². The molecule has 0 aromatic carbocycles. The monoisotopic (exact) mass is 242 g/mol. The molecule has 2 heterocycles. The first-order valence-electron chi connectivity index (χ1n) is 6.78. The van der Waals surface area contributed by atoms with Crippen molar-refractivity contribution < 1.29 is 9.47 Å². The highest BCUT2D eigenvalue weighted by atomic mass is 16.5. The fraction of sp³-hybridized carbons (Fsp3) is 1.00. The molecular formula is C13H26N2O2. The minimum atomic E-state index is -0.0309. The van der Waals surface area contributed by atoms with Crippen molar-refractivity contribution in [3.8, 4) is 0 Å². The van der Waals surface area contributed by atoms with Gasteiger partial charge in [0.2, 0.25) is 0 Å². The van der Waals surface area contributed by atoms with Gasteiger partial charge in [-0.15, -0.1) is 0 Å². The van der Waals surface area contributed by atoms with Crippen molar-refractivity contribution in [1.29, 1.82) is 0 Å². The third kappa shape index (κ3) is 3.41. The molecule has 0 spiro atoms. The summed E-state index contributed by atoms with van der Waals surface area (Å²) in [6.45, 7) is 9.71. The molecule has 0 amide bonds. The molecule has 1 unspecified atom stereocenters. The molecule has 2 aliphatic heterocycles. The summed E-state index contributed by atoms with van der Waals surface area (Å²) in [5.74, 6) is 0.697. The van der Waals surface area contributed by atoms with Gasteiger partial charge < -0.3 is 15.2 Å². The second-order valence-electron chi connectivity index (χ2n) is 5.83. The van der Waals surface area contributed by atoms with E-state index in [0.29, 0.717) is 12.0 Å². The maximum absolute atomic E-state index is 6.00. The zero-order chi connectivity index (χ0) is 12.3. The highest BCUT2D eigenvalue weighted by molar-refractivity contribution is 4.88. The molecule has 0 aromatic rings. The van der Waals surface area contributed by atoms with Crippen LogP contribution in [0.1, 0.15) is 26.7 Å². The van der Waals surface area contributed by atoms with Crippen molar-refractivity contribution in [2.24, 2.45) is 11.7 Å². The Hall–Kier alpha value is -0.160. The standard InChI is InChI=1S/C13H26N2O2/c1-13(2)10-15(5-8-17-13)12(9-14)11-3-6-16-7-4-11/h11-12H,3-10,14H2,1-2H3. The molecule has 100 valence electrons. The minimum absolute atomic E-state index is 0.0309. The highest BCUT2D eigenvalue weighted by Crippen LogP contribution is 2.26. The number of ether oxygens (including phenoxy) is 2. The van der Waals surface area contributed by atoms with E-state index in [-0.39, 0.29) is 5.60 Å². The van der Waals surface area contributed by atoms with E-state index in [1.807, 2.05) is 0 Å². The topological polar surface area (TPSA) is 47.7 Å². The van der Waals surface area contributed by atoms with Gasteiger partial charge in [-0.3, -0.25) is 4.90 Å². The maximum atomic E-state index is 6.00. The quantitative estimate of drug-likeness (QED) is 0.797. The number of hydrogen-bond acceptors (Lipinski definition) is 4. The SMILES string of the molecule is CC1(C)CN(C(CN)C2CCOCC2)CCO1. The van der Waals surface area contributed by atoms with Crippen LogP contribution >= 0.6 is 0 Å². The van der Waals surface area contributed by atoms with Crippen LogP contribution in [0, 0.1) is 5.92 Å². The van der Waals surface area contributed by atoms with Crippen LogP contribution < -0.4 is 5.73 Å². The second-order valence-corrected chi connectivity index (χ2v) is 5.83. The smallest absolute Gasteiger partial charge is 0.0753 e. The van der Waals surface area contributed by atoms with E-state index in [4.69, 9.17) is 15.2 Å². The highest BCUT2D eigenvalue weighted by Gasteiger charge is 2.34. The van der Waals surface area contributed by atoms with E-state index >= 15 is 0 Å². The lowest BCUT2D eigenvalue weighted by molar-refractivity contribution is -0.106. The molecule has 0 aliphatic carbocycles. The van der Waals surface area contributed by atoms with Crippen molar-refractivity contribution in [2.75, 3.05) is 39.5 Å². The molecule has 0 aromatic heterocycles. The van der Waals surface area contributed by atoms with Gasteiger partial charge in [0.05, 0.1) is 12.2 Å². The van der Waals surface area contributed by atoms with E-state index in [2.05, 4.69) is 18.7 Å². The Labute approximate surface area is 104 Å². The number of nitrogens with two attached hydrogens (primary N) is 1. The zero-order valence-electron chi connectivity index (χ0n) is 11.2. The Kier molecular flexibility index (Phi) is 4.42. The van der Waals surface area contributed by atoms with Gasteiger partial charge in [0.1, 0.15) is 0 Å². The van der Waals surface area contributed by atoms with Crippen LogP contribution in [0.15, 0.2) is 0 Å². The predicted molar refractivity (Wildman–Crippen MR) is 68.0 cm³/mol. The van der Waals surface area contributed by atoms with E-state index < -0.39 is 0 Å². The lowest BCUT2D eigenvalue weighted by Crippen LogP contribution is -2.56. The molecule has 0 bridgehead atoms. The molecular weight excluding hydrogens is 216 g/mol. The number of hydrogen-bond donors (Lipinski definition) is 1. The Morgan fingerprint density at radius 3 is 2.59 bits per heavy atom. The second kappa shape index (κ2) is 5.65. The van der Waals surface area contributed by atoms with Crippen molar-refractivity contribution in [3.05, 3.63) is 0 Å². The van der Waals surface area contributed by atoms with Crippen LogP contribution in [-0.4, -0.2) is 56.0 Å². The summed E-state index contributed by atoms with van der Waals surface area (Å²) < 4.78 is 11.2. The van der Waals surface area contributed by atoms with Crippen molar-refractivity contribution in [1.82, 2.24) is 4.90 Å². The third-order valence-corrected chi connectivity index (χ3v) is 3.98. The van der Waals surface area contributed by atoms with E-state index in [1.54, 1.807) is 0 Å². The average Bonchev–Trinajstić information content (AvgIpc) is 2.30. The van der Waals surface area contributed by atoms with Crippen LogP contribution in [0.4, 0.5) is 0 Å². The van der Waals surface area contributed by atoms with Crippen LogP contribution in [0.2, 0.25) is 0 Å². The molecule has 0 radical (unpaired) electrons.